The molecule has 0 aliphatic heterocycles. The predicted molar refractivity (Wildman–Crippen MR) is 75.5 cm³/mol. The lowest BCUT2D eigenvalue weighted by Gasteiger charge is -2.24. The van der Waals surface area contributed by atoms with Crippen LogP contribution in [-0.4, -0.2) is 0 Å². The van der Waals surface area contributed by atoms with Crippen molar-refractivity contribution in [1.82, 2.24) is 0 Å². The Morgan fingerprint density at radius 3 is 2.33 bits per heavy atom. The van der Waals surface area contributed by atoms with Crippen molar-refractivity contribution in [2.75, 3.05) is 0 Å². The van der Waals surface area contributed by atoms with Crippen LogP contribution < -0.4 is 5.73 Å². The van der Waals surface area contributed by atoms with Crippen molar-refractivity contribution in [2.24, 2.45) is 5.73 Å². The Kier molecular flexibility index (Phi) is 2.71. The zero-order valence-electron chi connectivity index (χ0n) is 10.8. The molecule has 0 amide bonds. The molecule has 0 spiro atoms. The second-order valence-electron chi connectivity index (χ2n) is 5.41. The van der Waals surface area contributed by atoms with E-state index in [1.54, 1.807) is 0 Å². The molecular formula is C17H19N. The maximum Gasteiger partial charge on any atom is 0.0393 e. The fraction of sp³-hybridized carbons (Fsp3) is 0.294. The molecule has 0 radical (unpaired) electrons. The molecular weight excluding hydrogens is 218 g/mol. The first-order chi connectivity index (χ1) is 8.72. The molecule has 1 unspecified atom stereocenters. The molecule has 0 bridgehead atoms. The second kappa shape index (κ2) is 4.25. The topological polar surface area (TPSA) is 26.0 Å². The van der Waals surface area contributed by atoms with Gasteiger partial charge in [-0.2, -0.15) is 0 Å². The summed E-state index contributed by atoms with van der Waals surface area (Å²) in [6.45, 7) is 2.12. The molecule has 2 aromatic rings. The van der Waals surface area contributed by atoms with Crippen LogP contribution in [0.15, 0.2) is 54.6 Å². The van der Waals surface area contributed by atoms with Gasteiger partial charge in [-0.1, -0.05) is 60.2 Å². The van der Waals surface area contributed by atoms with E-state index in [1.807, 2.05) is 0 Å². The van der Waals surface area contributed by atoms with Gasteiger partial charge in [0.25, 0.3) is 0 Å². The van der Waals surface area contributed by atoms with Crippen LogP contribution in [0.1, 0.15) is 35.6 Å². The summed E-state index contributed by atoms with van der Waals surface area (Å²) in [5.74, 6) is 0. The molecule has 1 nitrogen and oxygen atoms in total. The maximum absolute atomic E-state index is 6.54. The Morgan fingerprint density at radius 2 is 1.72 bits per heavy atom. The molecule has 0 saturated heterocycles. The first-order valence-electron chi connectivity index (χ1n) is 6.60. The van der Waals surface area contributed by atoms with E-state index in [1.165, 1.54) is 29.5 Å². The Morgan fingerprint density at radius 1 is 1.00 bits per heavy atom. The van der Waals surface area contributed by atoms with Gasteiger partial charge in [-0.15, -0.1) is 0 Å². The number of rotatable bonds is 3. The first kappa shape index (κ1) is 11.5. The van der Waals surface area contributed by atoms with Gasteiger partial charge in [0.1, 0.15) is 0 Å². The molecule has 92 valence electrons. The third-order valence-electron chi connectivity index (χ3n) is 4.13. The quantitative estimate of drug-likeness (QED) is 0.865. The SMILES string of the molecule is Cc1cccc(C(N)C2(c3ccccc3)CC2)c1. The van der Waals surface area contributed by atoms with Crippen LogP contribution in [0, 0.1) is 6.92 Å². The fourth-order valence-electron chi connectivity index (χ4n) is 2.87. The normalized spacial score (nSPS) is 18.3. The van der Waals surface area contributed by atoms with E-state index in [-0.39, 0.29) is 11.5 Å². The molecule has 1 atom stereocenters. The van der Waals surface area contributed by atoms with Crippen LogP contribution >= 0.6 is 0 Å². The summed E-state index contributed by atoms with van der Waals surface area (Å²) in [4.78, 5) is 0. The highest BCUT2D eigenvalue weighted by atomic mass is 14.7. The molecule has 1 heteroatoms. The smallest absolute Gasteiger partial charge is 0.0393 e. The molecule has 18 heavy (non-hydrogen) atoms. The predicted octanol–water partition coefficient (Wildman–Crippen LogP) is 3.73. The number of aryl methyl sites for hydroxylation is 1. The highest BCUT2D eigenvalue weighted by molar-refractivity contribution is 5.39. The van der Waals surface area contributed by atoms with Gasteiger partial charge < -0.3 is 5.73 Å². The van der Waals surface area contributed by atoms with Gasteiger partial charge in [0.05, 0.1) is 0 Å². The summed E-state index contributed by atoms with van der Waals surface area (Å²) in [5.41, 5.74) is 10.6. The van der Waals surface area contributed by atoms with Crippen molar-refractivity contribution in [2.45, 2.75) is 31.2 Å². The van der Waals surface area contributed by atoms with Crippen LogP contribution in [0.25, 0.3) is 0 Å². The van der Waals surface area contributed by atoms with Gasteiger partial charge in [0.15, 0.2) is 0 Å². The van der Waals surface area contributed by atoms with E-state index in [0.29, 0.717) is 0 Å². The van der Waals surface area contributed by atoms with Crippen LogP contribution in [0.5, 0.6) is 0 Å². The summed E-state index contributed by atoms with van der Waals surface area (Å²) in [6, 6.07) is 19.4. The standard InChI is InChI=1S/C17H19N/c1-13-6-5-7-14(12-13)16(18)17(10-11-17)15-8-3-2-4-9-15/h2-9,12,16H,10-11,18H2,1H3. The Bertz CT molecular complexity index is 541. The molecule has 0 aromatic heterocycles. The molecule has 1 aliphatic carbocycles. The molecule has 1 fully saturated rings. The molecule has 3 rings (SSSR count). The molecule has 1 aliphatic rings. The Labute approximate surface area is 109 Å². The van der Waals surface area contributed by atoms with Crippen molar-refractivity contribution in [3.8, 4) is 0 Å². The minimum absolute atomic E-state index is 0.111. The largest absolute Gasteiger partial charge is 0.323 e. The Balaban J connectivity index is 1.95. The monoisotopic (exact) mass is 237 g/mol. The van der Waals surface area contributed by atoms with Crippen molar-refractivity contribution in [3.05, 3.63) is 71.3 Å². The first-order valence-corrected chi connectivity index (χ1v) is 6.60. The second-order valence-corrected chi connectivity index (χ2v) is 5.41. The van der Waals surface area contributed by atoms with Crippen LogP contribution in [0.4, 0.5) is 0 Å². The number of hydrogen-bond donors (Lipinski definition) is 1. The van der Waals surface area contributed by atoms with Gasteiger partial charge in [0.2, 0.25) is 0 Å². The van der Waals surface area contributed by atoms with Gasteiger partial charge in [-0.25, -0.2) is 0 Å². The van der Waals surface area contributed by atoms with E-state index >= 15 is 0 Å². The number of hydrogen-bond acceptors (Lipinski definition) is 1. The van der Waals surface area contributed by atoms with Crippen LogP contribution in [0.3, 0.4) is 0 Å². The summed E-state index contributed by atoms with van der Waals surface area (Å²) in [5, 5.41) is 0. The molecule has 0 heterocycles. The fourth-order valence-corrected chi connectivity index (χ4v) is 2.87. The van der Waals surface area contributed by atoms with E-state index in [9.17, 15) is 0 Å². The van der Waals surface area contributed by atoms with Crippen molar-refractivity contribution < 1.29 is 0 Å². The van der Waals surface area contributed by atoms with Crippen molar-refractivity contribution in [3.63, 3.8) is 0 Å². The van der Waals surface area contributed by atoms with Gasteiger partial charge in [0, 0.05) is 11.5 Å². The number of benzene rings is 2. The summed E-state index contributed by atoms with van der Waals surface area (Å²) < 4.78 is 0. The van der Waals surface area contributed by atoms with Crippen molar-refractivity contribution >= 4 is 0 Å². The molecule has 2 N–H and O–H groups in total. The molecule has 1 saturated carbocycles. The molecule has 2 aromatic carbocycles. The maximum atomic E-state index is 6.54. The zero-order chi connectivity index (χ0) is 12.6. The minimum Gasteiger partial charge on any atom is -0.323 e. The third-order valence-corrected chi connectivity index (χ3v) is 4.13. The van der Waals surface area contributed by atoms with Gasteiger partial charge >= 0.3 is 0 Å². The van der Waals surface area contributed by atoms with E-state index in [2.05, 4.69) is 61.5 Å². The van der Waals surface area contributed by atoms with E-state index < -0.39 is 0 Å². The van der Waals surface area contributed by atoms with E-state index in [0.717, 1.165) is 0 Å². The Hall–Kier alpha value is -1.60. The van der Waals surface area contributed by atoms with Crippen molar-refractivity contribution in [1.29, 1.82) is 0 Å². The van der Waals surface area contributed by atoms with Gasteiger partial charge in [-0.05, 0) is 30.9 Å². The van der Waals surface area contributed by atoms with Gasteiger partial charge in [-0.3, -0.25) is 0 Å². The summed E-state index contributed by atoms with van der Waals surface area (Å²) in [6.07, 6.45) is 2.40. The highest BCUT2D eigenvalue weighted by Gasteiger charge is 2.49. The van der Waals surface area contributed by atoms with Crippen LogP contribution in [0.2, 0.25) is 0 Å². The highest BCUT2D eigenvalue weighted by Crippen LogP contribution is 2.55. The average molecular weight is 237 g/mol. The summed E-state index contributed by atoms with van der Waals surface area (Å²) >= 11 is 0. The van der Waals surface area contributed by atoms with E-state index in [4.69, 9.17) is 5.73 Å². The third kappa shape index (κ3) is 1.85. The minimum atomic E-state index is 0.111. The average Bonchev–Trinajstić information content (AvgIpc) is 3.20. The number of nitrogens with two attached hydrogens (primary N) is 1. The summed E-state index contributed by atoms with van der Waals surface area (Å²) in [7, 11) is 0. The lowest BCUT2D eigenvalue weighted by molar-refractivity contribution is 0.541. The van der Waals surface area contributed by atoms with Crippen LogP contribution in [-0.2, 0) is 5.41 Å². The zero-order valence-corrected chi connectivity index (χ0v) is 10.8. The lowest BCUT2D eigenvalue weighted by Crippen LogP contribution is -2.26. The lowest BCUT2D eigenvalue weighted by atomic mass is 9.84.